The Labute approximate surface area is 392 Å². The fraction of sp³-hybridized carbons (Fsp3) is 0.340. The second-order valence-corrected chi connectivity index (χ2v) is 19.4. The highest BCUT2D eigenvalue weighted by Gasteiger charge is 2.33. The fourth-order valence-electron chi connectivity index (χ4n) is 8.81. The highest BCUT2D eigenvalue weighted by molar-refractivity contribution is 7.99. The second-order valence-electron chi connectivity index (χ2n) is 16.2. The SMILES string of the molecule is Cl.Cl.O=C(NS(=O)(=O)c1ccc(N[C@@H](CCN2CCCCC2)CSc2ccccc2)c([N+](=O)[O-])c1)c1ccc2c(c1)CC[C@H]1CN(Cc3ccccc3-c3ccc(Cl)cc3)CCN21. The van der Waals surface area contributed by atoms with Crippen molar-refractivity contribution in [1.29, 1.82) is 0 Å². The summed E-state index contributed by atoms with van der Waals surface area (Å²) >= 11 is 7.83. The molecule has 0 unspecified atom stereocenters. The van der Waals surface area contributed by atoms with Crippen LogP contribution in [0.25, 0.3) is 11.1 Å². The summed E-state index contributed by atoms with van der Waals surface area (Å²) in [6, 6.07) is 35.8. The number of anilines is 2. The minimum absolute atomic E-state index is 0. The number of benzene rings is 5. The summed E-state index contributed by atoms with van der Waals surface area (Å²) in [4.78, 5) is 33.4. The first-order valence-electron chi connectivity index (χ1n) is 21.1. The maximum Gasteiger partial charge on any atom is 0.293 e. The van der Waals surface area contributed by atoms with E-state index in [2.05, 4.69) is 61.1 Å². The molecule has 16 heteroatoms. The molecule has 2 atom stereocenters. The monoisotopic (exact) mass is 950 g/mol. The number of carbonyl (C=O) groups is 1. The van der Waals surface area contributed by atoms with E-state index in [1.54, 1.807) is 23.9 Å². The van der Waals surface area contributed by atoms with Crippen molar-refractivity contribution in [2.75, 3.05) is 55.2 Å². The molecule has 11 nitrogen and oxygen atoms in total. The lowest BCUT2D eigenvalue weighted by molar-refractivity contribution is -0.384. The van der Waals surface area contributed by atoms with Crippen LogP contribution < -0.4 is 14.9 Å². The molecule has 2 fully saturated rings. The number of likely N-dealkylation sites (tertiary alicyclic amines) is 1. The number of rotatable bonds is 15. The van der Waals surface area contributed by atoms with E-state index < -0.39 is 20.9 Å². The lowest BCUT2D eigenvalue weighted by Crippen LogP contribution is -2.54. The molecule has 0 radical (unpaired) electrons. The van der Waals surface area contributed by atoms with Gasteiger partial charge in [0.05, 0.1) is 9.82 Å². The predicted molar refractivity (Wildman–Crippen MR) is 260 cm³/mol. The van der Waals surface area contributed by atoms with E-state index >= 15 is 0 Å². The zero-order valence-electron chi connectivity index (χ0n) is 34.9. The van der Waals surface area contributed by atoms with Gasteiger partial charge in [0.2, 0.25) is 0 Å². The number of nitro benzene ring substituents is 1. The maximum atomic E-state index is 13.6. The number of hydrogen-bond acceptors (Lipinski definition) is 10. The van der Waals surface area contributed by atoms with Crippen molar-refractivity contribution >= 4 is 81.2 Å². The van der Waals surface area contributed by atoms with Crippen LogP contribution in [0.15, 0.2) is 125 Å². The zero-order valence-corrected chi connectivity index (χ0v) is 38.9. The molecule has 0 aliphatic carbocycles. The highest BCUT2D eigenvalue weighted by Crippen LogP contribution is 2.35. The van der Waals surface area contributed by atoms with Gasteiger partial charge in [-0.1, -0.05) is 72.6 Å². The first-order valence-corrected chi connectivity index (χ1v) is 23.9. The molecule has 334 valence electrons. The molecule has 0 aromatic heterocycles. The van der Waals surface area contributed by atoms with Crippen molar-refractivity contribution in [3.63, 3.8) is 0 Å². The average molecular weight is 952 g/mol. The molecule has 5 aromatic carbocycles. The lowest BCUT2D eigenvalue weighted by atomic mass is 9.92. The number of sulfonamides is 1. The standard InChI is InChI=1S/C47H51ClN6O5S2.2ClH/c48-38-17-13-34(14-18-38)43-12-6-5-9-37(43)31-52-27-28-53-40(32-52)19-15-35-29-36(16-22-45(35)53)47(55)50-61(58,59)42-20-21-44(46(30-42)54(56)57)49-39(23-26-51-24-7-2-8-25-51)33-60-41-10-3-1-4-11-41;;/h1,3-6,9-14,16-18,20-22,29-30,39-40,49H,2,7-8,15,19,23-28,31-33H2,(H,50,55);2*1H/t39-,40-;;/m0../s1. The minimum atomic E-state index is -4.44. The number of carbonyl (C=O) groups excluding carboxylic acids is 1. The fourth-order valence-corrected chi connectivity index (χ4v) is 10.9. The Bertz CT molecular complexity index is 2460. The van der Waals surface area contributed by atoms with Crippen molar-refractivity contribution in [1.82, 2.24) is 14.5 Å². The number of thioether (sulfide) groups is 1. The number of nitrogens with one attached hydrogen (secondary N) is 2. The first kappa shape index (κ1) is 48.1. The maximum absolute atomic E-state index is 13.6. The Kier molecular flexibility index (Phi) is 16.8. The molecule has 1 amide bonds. The van der Waals surface area contributed by atoms with E-state index in [0.717, 1.165) is 92.9 Å². The molecule has 2 saturated heterocycles. The summed E-state index contributed by atoms with van der Waals surface area (Å²) in [5, 5.41) is 16.5. The van der Waals surface area contributed by atoms with E-state index in [0.29, 0.717) is 16.8 Å². The number of halogens is 3. The van der Waals surface area contributed by atoms with E-state index in [-0.39, 0.29) is 52.7 Å². The summed E-state index contributed by atoms with van der Waals surface area (Å²) in [5.74, 6) is -0.112. The third-order valence-electron chi connectivity index (χ3n) is 12.0. The van der Waals surface area contributed by atoms with Crippen molar-refractivity contribution < 1.29 is 18.1 Å². The molecule has 63 heavy (non-hydrogen) atoms. The van der Waals surface area contributed by atoms with E-state index in [1.807, 2.05) is 48.5 Å². The van der Waals surface area contributed by atoms with Gasteiger partial charge in [-0.05, 0) is 122 Å². The van der Waals surface area contributed by atoms with Crippen LogP contribution in [0, 0.1) is 10.1 Å². The van der Waals surface area contributed by atoms with Gasteiger partial charge in [-0.25, -0.2) is 13.1 Å². The van der Waals surface area contributed by atoms with Crippen LogP contribution in [-0.2, 0) is 23.0 Å². The predicted octanol–water partition coefficient (Wildman–Crippen LogP) is 9.96. The van der Waals surface area contributed by atoms with Gasteiger partial charge in [0.1, 0.15) is 5.69 Å². The van der Waals surface area contributed by atoms with Gasteiger partial charge in [0, 0.05) is 77.8 Å². The van der Waals surface area contributed by atoms with E-state index in [1.165, 1.54) is 42.5 Å². The Hall–Kier alpha value is -4.34. The summed E-state index contributed by atoms with van der Waals surface area (Å²) in [6.07, 6.45) is 6.00. The third-order valence-corrected chi connectivity index (χ3v) is 14.8. The minimum Gasteiger partial charge on any atom is -0.376 e. The number of nitrogens with zero attached hydrogens (tertiary/aromatic N) is 4. The molecular weight excluding hydrogens is 899 g/mol. The normalized spacial score (nSPS) is 17.0. The topological polar surface area (TPSA) is 128 Å². The number of amides is 1. The van der Waals surface area contributed by atoms with Gasteiger partial charge in [0.25, 0.3) is 21.6 Å². The number of nitro groups is 1. The van der Waals surface area contributed by atoms with Gasteiger partial charge in [-0.15, -0.1) is 36.6 Å². The Morgan fingerprint density at radius 1 is 0.857 bits per heavy atom. The third kappa shape index (κ3) is 12.1. The van der Waals surface area contributed by atoms with Crippen LogP contribution in [-0.4, -0.2) is 86.2 Å². The van der Waals surface area contributed by atoms with Gasteiger partial charge >= 0.3 is 0 Å². The van der Waals surface area contributed by atoms with Crippen molar-refractivity contribution in [2.45, 2.75) is 66.9 Å². The average Bonchev–Trinajstić information content (AvgIpc) is 3.28. The molecule has 0 spiro atoms. The van der Waals surface area contributed by atoms with Crippen molar-refractivity contribution in [3.05, 3.63) is 147 Å². The molecule has 0 bridgehead atoms. The smallest absolute Gasteiger partial charge is 0.293 e. The molecule has 8 rings (SSSR count). The largest absolute Gasteiger partial charge is 0.376 e. The summed E-state index contributed by atoms with van der Waals surface area (Å²) in [6.45, 7) is 6.39. The van der Waals surface area contributed by atoms with Crippen LogP contribution in [0.4, 0.5) is 17.1 Å². The quantitative estimate of drug-likeness (QED) is 0.0595. The lowest BCUT2D eigenvalue weighted by Gasteiger charge is -2.46. The summed E-state index contributed by atoms with van der Waals surface area (Å²) in [7, 11) is -4.44. The van der Waals surface area contributed by atoms with Crippen LogP contribution in [0.5, 0.6) is 0 Å². The number of hydrogen-bond donors (Lipinski definition) is 2. The number of aryl methyl sites for hydroxylation is 1. The molecule has 0 saturated carbocycles. The zero-order chi connectivity index (χ0) is 42.3. The number of piperidine rings is 1. The number of fused-ring (bicyclic) bond motifs is 3. The van der Waals surface area contributed by atoms with E-state index in [4.69, 9.17) is 11.6 Å². The number of piperazine rings is 1. The summed E-state index contributed by atoms with van der Waals surface area (Å²) < 4.78 is 29.4. The second kappa shape index (κ2) is 22.0. The Balaban J connectivity index is 0.00000330. The van der Waals surface area contributed by atoms with Crippen LogP contribution >= 0.6 is 48.2 Å². The van der Waals surface area contributed by atoms with Gasteiger partial charge in [0.15, 0.2) is 0 Å². The van der Waals surface area contributed by atoms with E-state index in [9.17, 15) is 23.3 Å². The first-order chi connectivity index (χ1) is 29.6. The van der Waals surface area contributed by atoms with Crippen molar-refractivity contribution in [2.24, 2.45) is 0 Å². The van der Waals surface area contributed by atoms with Crippen LogP contribution in [0.2, 0.25) is 5.02 Å². The molecular formula is C47H53Cl3N6O5S2. The van der Waals surface area contributed by atoms with Crippen LogP contribution in [0.1, 0.15) is 53.6 Å². The van der Waals surface area contributed by atoms with Gasteiger partial charge in [-0.2, -0.15) is 0 Å². The highest BCUT2D eigenvalue weighted by atomic mass is 35.5. The summed E-state index contributed by atoms with van der Waals surface area (Å²) in [5.41, 5.74) is 5.76. The Morgan fingerprint density at radius 2 is 1.60 bits per heavy atom. The molecule has 3 aliphatic rings. The van der Waals surface area contributed by atoms with Crippen LogP contribution in [0.3, 0.4) is 0 Å². The molecule has 3 aliphatic heterocycles. The van der Waals surface area contributed by atoms with Gasteiger partial charge in [-0.3, -0.25) is 19.8 Å². The van der Waals surface area contributed by atoms with Crippen molar-refractivity contribution in [3.8, 4) is 11.1 Å². The van der Waals surface area contributed by atoms with Gasteiger partial charge < -0.3 is 15.1 Å². The molecule has 3 heterocycles. The molecule has 5 aromatic rings. The Morgan fingerprint density at radius 3 is 2.37 bits per heavy atom. The molecule has 2 N–H and O–H groups in total.